The lowest BCUT2D eigenvalue weighted by Gasteiger charge is -2.28. The van der Waals surface area contributed by atoms with Crippen LogP contribution in [0.5, 0.6) is 5.75 Å². The molecule has 134 valence electrons. The SMILES string of the molecule is COc1ccc(S(=O)(=O)Nc2ccc(N3CCOCC3)cc2)cc1F. The number of sulfonamides is 1. The van der Waals surface area contributed by atoms with Crippen LogP contribution >= 0.6 is 0 Å². The van der Waals surface area contributed by atoms with Gasteiger partial charge in [0.05, 0.1) is 25.2 Å². The van der Waals surface area contributed by atoms with Crippen molar-refractivity contribution in [3.63, 3.8) is 0 Å². The zero-order chi connectivity index (χ0) is 17.9. The van der Waals surface area contributed by atoms with Crippen molar-refractivity contribution in [1.29, 1.82) is 0 Å². The molecule has 0 bridgehead atoms. The van der Waals surface area contributed by atoms with E-state index in [4.69, 9.17) is 9.47 Å². The van der Waals surface area contributed by atoms with Crippen LogP contribution in [0.2, 0.25) is 0 Å². The number of methoxy groups -OCH3 is 1. The van der Waals surface area contributed by atoms with E-state index in [0.29, 0.717) is 18.9 Å². The van der Waals surface area contributed by atoms with Gasteiger partial charge < -0.3 is 14.4 Å². The average molecular weight is 366 g/mol. The Morgan fingerprint density at radius 3 is 2.40 bits per heavy atom. The lowest BCUT2D eigenvalue weighted by Crippen LogP contribution is -2.36. The van der Waals surface area contributed by atoms with Crippen LogP contribution in [0, 0.1) is 5.82 Å². The first-order valence-electron chi connectivity index (χ1n) is 7.79. The summed E-state index contributed by atoms with van der Waals surface area (Å²) in [6, 6.07) is 10.6. The van der Waals surface area contributed by atoms with Gasteiger partial charge in [0, 0.05) is 24.5 Å². The predicted molar refractivity (Wildman–Crippen MR) is 93.2 cm³/mol. The van der Waals surface area contributed by atoms with Crippen LogP contribution in [0.1, 0.15) is 0 Å². The molecule has 1 N–H and O–H groups in total. The minimum Gasteiger partial charge on any atom is -0.494 e. The fraction of sp³-hybridized carbons (Fsp3) is 0.294. The van der Waals surface area contributed by atoms with Gasteiger partial charge in [-0.05, 0) is 42.5 Å². The number of morpholine rings is 1. The van der Waals surface area contributed by atoms with Gasteiger partial charge in [-0.25, -0.2) is 12.8 Å². The fourth-order valence-electron chi connectivity index (χ4n) is 2.59. The molecule has 1 aliphatic rings. The molecule has 0 spiro atoms. The molecule has 0 radical (unpaired) electrons. The second-order valence-electron chi connectivity index (χ2n) is 5.55. The second-order valence-corrected chi connectivity index (χ2v) is 7.23. The number of rotatable bonds is 5. The number of nitrogens with zero attached hydrogens (tertiary/aromatic N) is 1. The van der Waals surface area contributed by atoms with Crippen molar-refractivity contribution < 1.29 is 22.3 Å². The zero-order valence-corrected chi connectivity index (χ0v) is 14.6. The van der Waals surface area contributed by atoms with Gasteiger partial charge in [-0.15, -0.1) is 0 Å². The molecule has 1 aliphatic heterocycles. The van der Waals surface area contributed by atoms with Crippen molar-refractivity contribution in [2.24, 2.45) is 0 Å². The van der Waals surface area contributed by atoms with Gasteiger partial charge in [0.25, 0.3) is 10.0 Å². The maximum absolute atomic E-state index is 13.7. The van der Waals surface area contributed by atoms with Gasteiger partial charge >= 0.3 is 0 Å². The number of anilines is 2. The van der Waals surface area contributed by atoms with Crippen LogP contribution in [0.15, 0.2) is 47.4 Å². The van der Waals surface area contributed by atoms with E-state index in [0.717, 1.165) is 24.8 Å². The van der Waals surface area contributed by atoms with Crippen LogP contribution < -0.4 is 14.4 Å². The third-order valence-electron chi connectivity index (χ3n) is 3.93. The molecule has 0 aliphatic carbocycles. The van der Waals surface area contributed by atoms with Gasteiger partial charge in [0.15, 0.2) is 11.6 Å². The van der Waals surface area contributed by atoms with E-state index in [2.05, 4.69) is 9.62 Å². The summed E-state index contributed by atoms with van der Waals surface area (Å²) in [4.78, 5) is 2.00. The molecule has 6 nitrogen and oxygen atoms in total. The van der Waals surface area contributed by atoms with Gasteiger partial charge in [-0.1, -0.05) is 0 Å². The van der Waals surface area contributed by atoms with Crippen LogP contribution in [0.3, 0.4) is 0 Å². The highest BCUT2D eigenvalue weighted by atomic mass is 32.2. The van der Waals surface area contributed by atoms with Crippen LogP contribution in [0.4, 0.5) is 15.8 Å². The number of halogens is 1. The molecule has 0 amide bonds. The average Bonchev–Trinajstić information content (AvgIpc) is 2.62. The highest BCUT2D eigenvalue weighted by Crippen LogP contribution is 2.24. The van der Waals surface area contributed by atoms with E-state index < -0.39 is 15.8 Å². The summed E-state index contributed by atoms with van der Waals surface area (Å²) in [5.74, 6) is -0.734. The Bertz CT molecular complexity index is 834. The lowest BCUT2D eigenvalue weighted by atomic mass is 10.2. The summed E-state index contributed by atoms with van der Waals surface area (Å²) >= 11 is 0. The van der Waals surface area contributed by atoms with E-state index in [1.165, 1.54) is 19.2 Å². The third kappa shape index (κ3) is 4.02. The molecule has 1 saturated heterocycles. The van der Waals surface area contributed by atoms with E-state index in [1.807, 2.05) is 12.1 Å². The standard InChI is InChI=1S/C17H19FN2O4S/c1-23-17-7-6-15(12-16(17)18)25(21,22)19-13-2-4-14(5-3-13)20-8-10-24-11-9-20/h2-7,12,19H,8-11H2,1H3. The second kappa shape index (κ2) is 7.28. The Kier molecular flexibility index (Phi) is 5.10. The van der Waals surface area contributed by atoms with Gasteiger partial charge in [-0.2, -0.15) is 0 Å². The summed E-state index contributed by atoms with van der Waals surface area (Å²) in [7, 11) is -2.56. The summed E-state index contributed by atoms with van der Waals surface area (Å²) in [6.45, 7) is 2.96. The first kappa shape index (κ1) is 17.5. The molecule has 2 aromatic carbocycles. The highest BCUT2D eigenvalue weighted by Gasteiger charge is 2.17. The van der Waals surface area contributed by atoms with Crippen molar-refractivity contribution >= 4 is 21.4 Å². The monoisotopic (exact) mass is 366 g/mol. The highest BCUT2D eigenvalue weighted by molar-refractivity contribution is 7.92. The molecule has 1 fully saturated rings. The van der Waals surface area contributed by atoms with Gasteiger partial charge in [0.2, 0.25) is 0 Å². The van der Waals surface area contributed by atoms with Crippen LogP contribution in [0.25, 0.3) is 0 Å². The minimum atomic E-state index is -3.88. The number of nitrogens with one attached hydrogen (secondary N) is 1. The summed E-state index contributed by atoms with van der Waals surface area (Å²) in [5.41, 5.74) is 1.41. The zero-order valence-electron chi connectivity index (χ0n) is 13.7. The van der Waals surface area contributed by atoms with Crippen molar-refractivity contribution in [2.45, 2.75) is 4.90 Å². The summed E-state index contributed by atoms with van der Waals surface area (Å²) < 4.78 is 51.1. The molecule has 3 rings (SSSR count). The topological polar surface area (TPSA) is 67.9 Å². The largest absolute Gasteiger partial charge is 0.494 e. The Morgan fingerprint density at radius 2 is 1.80 bits per heavy atom. The number of ether oxygens (including phenoxy) is 2. The fourth-order valence-corrected chi connectivity index (χ4v) is 3.66. The molecule has 1 heterocycles. The van der Waals surface area contributed by atoms with E-state index in [9.17, 15) is 12.8 Å². The van der Waals surface area contributed by atoms with E-state index in [1.54, 1.807) is 12.1 Å². The van der Waals surface area contributed by atoms with Crippen molar-refractivity contribution in [3.05, 3.63) is 48.3 Å². The van der Waals surface area contributed by atoms with Gasteiger partial charge in [-0.3, -0.25) is 4.72 Å². The molecular formula is C17H19FN2O4S. The number of hydrogen-bond donors (Lipinski definition) is 1. The lowest BCUT2D eigenvalue weighted by molar-refractivity contribution is 0.122. The quantitative estimate of drug-likeness (QED) is 0.881. The number of hydrogen-bond acceptors (Lipinski definition) is 5. The first-order chi connectivity index (χ1) is 12.0. The smallest absolute Gasteiger partial charge is 0.262 e. The molecule has 0 saturated carbocycles. The molecule has 0 aromatic heterocycles. The van der Waals surface area contributed by atoms with Crippen molar-refractivity contribution in [2.75, 3.05) is 43.0 Å². The Morgan fingerprint density at radius 1 is 1.12 bits per heavy atom. The normalized spacial score (nSPS) is 15.0. The van der Waals surface area contributed by atoms with Crippen LogP contribution in [-0.2, 0) is 14.8 Å². The predicted octanol–water partition coefficient (Wildman–Crippen LogP) is 2.47. The maximum Gasteiger partial charge on any atom is 0.262 e. The first-order valence-corrected chi connectivity index (χ1v) is 9.27. The Hall–Kier alpha value is -2.32. The van der Waals surface area contributed by atoms with Gasteiger partial charge in [0.1, 0.15) is 0 Å². The molecule has 0 unspecified atom stereocenters. The Labute approximate surface area is 146 Å². The third-order valence-corrected chi connectivity index (χ3v) is 5.31. The molecule has 25 heavy (non-hydrogen) atoms. The van der Waals surface area contributed by atoms with Crippen molar-refractivity contribution in [1.82, 2.24) is 0 Å². The van der Waals surface area contributed by atoms with Crippen LogP contribution in [-0.4, -0.2) is 41.8 Å². The molecular weight excluding hydrogens is 347 g/mol. The summed E-state index contributed by atoms with van der Waals surface area (Å²) in [6.07, 6.45) is 0. The minimum absolute atomic E-state index is 0.00573. The summed E-state index contributed by atoms with van der Waals surface area (Å²) in [5, 5.41) is 0. The van der Waals surface area contributed by atoms with Crippen molar-refractivity contribution in [3.8, 4) is 5.75 Å². The molecule has 8 heteroatoms. The molecule has 2 aromatic rings. The van der Waals surface area contributed by atoms with E-state index in [-0.39, 0.29) is 10.6 Å². The van der Waals surface area contributed by atoms with E-state index >= 15 is 0 Å². The molecule has 0 atom stereocenters. The number of benzene rings is 2. The Balaban J connectivity index is 1.75. The maximum atomic E-state index is 13.7.